The number of hydrogen-bond acceptors (Lipinski definition) is 0. The number of rotatable bonds is 3. The number of allylic oxidation sites excluding steroid dienone is 5. The van der Waals surface area contributed by atoms with Gasteiger partial charge in [0.05, 0.1) is 5.92 Å². The first kappa shape index (κ1) is 15.0. The summed E-state index contributed by atoms with van der Waals surface area (Å²) in [4.78, 5) is 0. The van der Waals surface area contributed by atoms with Crippen LogP contribution in [-0.2, 0) is 0 Å². The molecule has 0 aromatic carbocycles. The zero-order valence-corrected chi connectivity index (χ0v) is 10.2. The van der Waals surface area contributed by atoms with Crippen LogP contribution in [0.15, 0.2) is 36.5 Å². The van der Waals surface area contributed by atoms with Crippen LogP contribution < -0.4 is 0 Å². The minimum atomic E-state index is -4.25. The highest BCUT2D eigenvalue weighted by Crippen LogP contribution is 2.44. The molecule has 3 heteroatoms. The Bertz CT molecular complexity index is 273. The summed E-state index contributed by atoms with van der Waals surface area (Å²) < 4.78 is 38.9. The van der Waals surface area contributed by atoms with Crippen LogP contribution in [0.3, 0.4) is 0 Å². The summed E-state index contributed by atoms with van der Waals surface area (Å²) in [7, 11) is 0. The van der Waals surface area contributed by atoms with Gasteiger partial charge in [-0.15, -0.1) is 0 Å². The minimum Gasteiger partial charge on any atom is -0.170 e. The van der Waals surface area contributed by atoms with Crippen LogP contribution in [0.4, 0.5) is 13.2 Å². The molecule has 0 aliphatic heterocycles. The van der Waals surface area contributed by atoms with E-state index < -0.39 is 17.5 Å². The Morgan fingerprint density at radius 2 is 1.69 bits per heavy atom. The lowest BCUT2D eigenvalue weighted by atomic mass is 9.75. The third-order valence-electron chi connectivity index (χ3n) is 2.24. The summed E-state index contributed by atoms with van der Waals surface area (Å²) in [5, 5.41) is 0. The Hall–Kier alpha value is -0.990. The topological polar surface area (TPSA) is 0 Å². The Morgan fingerprint density at radius 3 is 1.94 bits per heavy atom. The zero-order chi connectivity index (χ0) is 13.0. The third kappa shape index (κ3) is 4.25. The van der Waals surface area contributed by atoms with E-state index in [4.69, 9.17) is 0 Å². The highest BCUT2D eigenvalue weighted by atomic mass is 19.4. The van der Waals surface area contributed by atoms with E-state index in [1.54, 1.807) is 39.8 Å². The van der Waals surface area contributed by atoms with Crippen molar-refractivity contribution in [2.45, 2.75) is 33.9 Å². The Kier molecular flexibility index (Phi) is 5.04. The number of halogens is 3. The van der Waals surface area contributed by atoms with E-state index in [2.05, 4.69) is 6.58 Å². The second-order valence-electron chi connectivity index (χ2n) is 4.74. The largest absolute Gasteiger partial charge is 0.396 e. The van der Waals surface area contributed by atoms with Crippen molar-refractivity contribution in [2.24, 2.45) is 11.3 Å². The van der Waals surface area contributed by atoms with Crippen molar-refractivity contribution in [1.29, 1.82) is 0 Å². The van der Waals surface area contributed by atoms with Crippen LogP contribution in [0.25, 0.3) is 0 Å². The van der Waals surface area contributed by atoms with Crippen molar-refractivity contribution in [3.05, 3.63) is 36.5 Å². The van der Waals surface area contributed by atoms with E-state index in [9.17, 15) is 13.2 Å². The molecule has 0 aromatic rings. The van der Waals surface area contributed by atoms with Crippen molar-refractivity contribution in [3.8, 4) is 0 Å². The van der Waals surface area contributed by atoms with Crippen LogP contribution in [-0.4, -0.2) is 6.18 Å². The molecule has 16 heavy (non-hydrogen) atoms. The fraction of sp³-hybridized carbons (Fsp3) is 0.538. The fourth-order valence-electron chi connectivity index (χ4n) is 1.67. The van der Waals surface area contributed by atoms with Gasteiger partial charge in [-0.2, -0.15) is 13.2 Å². The minimum absolute atomic E-state index is 0.207. The Balaban J connectivity index is 5.42. The first-order chi connectivity index (χ1) is 7.14. The van der Waals surface area contributed by atoms with Gasteiger partial charge in [-0.05, 0) is 17.9 Å². The zero-order valence-electron chi connectivity index (χ0n) is 10.2. The van der Waals surface area contributed by atoms with Crippen LogP contribution in [0.2, 0.25) is 0 Å². The highest BCUT2D eigenvalue weighted by Gasteiger charge is 2.47. The van der Waals surface area contributed by atoms with E-state index in [0.717, 1.165) is 0 Å². The molecule has 0 aromatic heterocycles. The molecule has 0 amide bonds. The summed E-state index contributed by atoms with van der Waals surface area (Å²) in [6.45, 7) is 9.96. The fourth-order valence-corrected chi connectivity index (χ4v) is 1.67. The summed E-state index contributed by atoms with van der Waals surface area (Å²) in [5.41, 5.74) is -0.669. The lowest BCUT2D eigenvalue weighted by Gasteiger charge is -2.33. The maximum absolute atomic E-state index is 13.0. The molecular weight excluding hydrogens is 213 g/mol. The molecule has 0 aliphatic carbocycles. The van der Waals surface area contributed by atoms with E-state index in [1.165, 1.54) is 12.2 Å². The lowest BCUT2D eigenvalue weighted by molar-refractivity contribution is -0.186. The van der Waals surface area contributed by atoms with Crippen molar-refractivity contribution in [2.75, 3.05) is 0 Å². The number of hydrogen-bond donors (Lipinski definition) is 0. The van der Waals surface area contributed by atoms with Gasteiger partial charge in [0.25, 0.3) is 0 Å². The quantitative estimate of drug-likeness (QED) is 0.607. The molecule has 0 N–H and O–H groups in total. The van der Waals surface area contributed by atoms with Gasteiger partial charge in [0, 0.05) is 0 Å². The molecule has 0 saturated carbocycles. The average molecular weight is 232 g/mol. The molecule has 92 valence electrons. The predicted molar refractivity (Wildman–Crippen MR) is 62.1 cm³/mol. The molecule has 0 radical (unpaired) electrons. The summed E-state index contributed by atoms with van der Waals surface area (Å²) in [6, 6.07) is 0. The average Bonchev–Trinajstić information content (AvgIpc) is 2.07. The predicted octanol–water partition coefficient (Wildman–Crippen LogP) is 4.90. The van der Waals surface area contributed by atoms with Crippen molar-refractivity contribution >= 4 is 0 Å². The summed E-state index contributed by atoms with van der Waals surface area (Å²) in [6.07, 6.45) is 1.79. The van der Waals surface area contributed by atoms with Crippen LogP contribution in [0, 0.1) is 11.3 Å². The highest BCUT2D eigenvalue weighted by molar-refractivity contribution is 5.27. The summed E-state index contributed by atoms with van der Waals surface area (Å²) in [5.74, 6) is -1.49. The second-order valence-corrected chi connectivity index (χ2v) is 4.74. The van der Waals surface area contributed by atoms with E-state index in [1.807, 2.05) is 0 Å². The maximum Gasteiger partial charge on any atom is 0.396 e. The van der Waals surface area contributed by atoms with Gasteiger partial charge in [-0.25, -0.2) is 0 Å². The second kappa shape index (κ2) is 5.37. The molecule has 0 rings (SSSR count). The van der Waals surface area contributed by atoms with Gasteiger partial charge in [-0.3, -0.25) is 0 Å². The molecule has 0 nitrogen and oxygen atoms in total. The van der Waals surface area contributed by atoms with E-state index in [0.29, 0.717) is 0 Å². The van der Waals surface area contributed by atoms with Crippen LogP contribution >= 0.6 is 0 Å². The summed E-state index contributed by atoms with van der Waals surface area (Å²) >= 11 is 0. The van der Waals surface area contributed by atoms with Gasteiger partial charge >= 0.3 is 6.18 Å². The molecule has 1 atom stereocenters. The molecule has 0 aliphatic rings. The van der Waals surface area contributed by atoms with Crippen molar-refractivity contribution in [3.63, 3.8) is 0 Å². The van der Waals surface area contributed by atoms with Crippen molar-refractivity contribution < 1.29 is 13.2 Å². The third-order valence-corrected chi connectivity index (χ3v) is 2.24. The Labute approximate surface area is 95.5 Å². The van der Waals surface area contributed by atoms with Gasteiger partial charge in [-0.1, -0.05) is 51.7 Å². The smallest absolute Gasteiger partial charge is 0.170 e. The van der Waals surface area contributed by atoms with Crippen LogP contribution in [0.1, 0.15) is 27.7 Å². The monoisotopic (exact) mass is 232 g/mol. The molecule has 1 unspecified atom stereocenters. The van der Waals surface area contributed by atoms with E-state index in [-0.39, 0.29) is 5.57 Å². The molecule has 0 heterocycles. The first-order valence-corrected chi connectivity index (χ1v) is 5.16. The number of alkyl halides is 3. The molecule has 0 fully saturated rings. The van der Waals surface area contributed by atoms with E-state index >= 15 is 0 Å². The maximum atomic E-state index is 13.0. The van der Waals surface area contributed by atoms with Crippen LogP contribution in [0.5, 0.6) is 0 Å². The molecule has 0 saturated heterocycles. The Morgan fingerprint density at radius 1 is 1.19 bits per heavy atom. The lowest BCUT2D eigenvalue weighted by Crippen LogP contribution is -2.35. The van der Waals surface area contributed by atoms with Crippen molar-refractivity contribution in [1.82, 2.24) is 0 Å². The molecule has 0 spiro atoms. The molecule has 0 bridgehead atoms. The van der Waals surface area contributed by atoms with Gasteiger partial charge in [0.15, 0.2) is 0 Å². The van der Waals surface area contributed by atoms with Gasteiger partial charge < -0.3 is 0 Å². The first-order valence-electron chi connectivity index (χ1n) is 5.16. The molecular formula is C13H19F3. The standard InChI is InChI=1S/C13H19F3/c1-6-8-9-10(7-2)11(12(3,4)5)13(14,15)16/h6-9,11H,2H2,1,3-5H3/b8-6-,10-9+. The normalized spacial score (nSPS) is 16.6. The SMILES string of the molecule is C=C/C(=C\C=C/C)C(C(C)(C)C)C(F)(F)F. The van der Waals surface area contributed by atoms with Gasteiger partial charge in [0.2, 0.25) is 0 Å². The van der Waals surface area contributed by atoms with Gasteiger partial charge in [0.1, 0.15) is 0 Å².